The molecule has 0 aromatic heterocycles. The van der Waals surface area contributed by atoms with Crippen LogP contribution in [0.1, 0.15) is 32.6 Å². The van der Waals surface area contributed by atoms with Crippen molar-refractivity contribution in [2.24, 2.45) is 0 Å². The second kappa shape index (κ2) is 5.35. The zero-order valence-corrected chi connectivity index (χ0v) is 10.4. The molecule has 1 aliphatic heterocycles. The van der Waals surface area contributed by atoms with Gasteiger partial charge in [-0.1, -0.05) is 13.3 Å². The summed E-state index contributed by atoms with van der Waals surface area (Å²) in [6.07, 6.45) is 1.16. The summed E-state index contributed by atoms with van der Waals surface area (Å²) >= 11 is 0. The summed E-state index contributed by atoms with van der Waals surface area (Å²) in [5.74, 6) is -0.526. The molecule has 1 heterocycles. The zero-order chi connectivity index (χ0) is 13.1. The molecule has 2 atom stereocenters. The van der Waals surface area contributed by atoms with E-state index in [1.54, 1.807) is 0 Å². The predicted octanol–water partition coefficient (Wildman–Crippen LogP) is 0.879. The smallest absolute Gasteiger partial charge is 0.412 e. The molecule has 1 rings (SSSR count). The van der Waals surface area contributed by atoms with Crippen molar-refractivity contribution in [1.29, 1.82) is 0 Å². The van der Waals surface area contributed by atoms with Crippen molar-refractivity contribution < 1.29 is 24.2 Å². The summed E-state index contributed by atoms with van der Waals surface area (Å²) in [6.45, 7) is 1.90. The van der Waals surface area contributed by atoms with Crippen LogP contribution >= 0.6 is 0 Å². The Morgan fingerprint density at radius 1 is 1.41 bits per heavy atom. The summed E-state index contributed by atoms with van der Waals surface area (Å²) in [7, 11) is 2.48. The number of aliphatic hydroxyl groups is 1. The van der Waals surface area contributed by atoms with Crippen LogP contribution in [0.2, 0.25) is 0 Å². The maximum Gasteiger partial charge on any atom is 0.412 e. The van der Waals surface area contributed by atoms with Gasteiger partial charge >= 0.3 is 12.1 Å². The van der Waals surface area contributed by atoms with Crippen molar-refractivity contribution in [3.63, 3.8) is 0 Å². The lowest BCUT2D eigenvalue weighted by Crippen LogP contribution is -2.53. The van der Waals surface area contributed by atoms with Crippen LogP contribution in [0, 0.1) is 0 Å². The zero-order valence-electron chi connectivity index (χ0n) is 10.4. The Bertz CT molecular complexity index is 306. The minimum Gasteiger partial charge on any atom is -0.467 e. The lowest BCUT2D eigenvalue weighted by Gasteiger charge is -2.34. The standard InChI is InChI=1S/C11H19NO5/c1-4-6-11(15)7-5-8(9(13)16-2)12(11)10(14)17-3/h8,15H,4-7H2,1-3H3/t8-,11-/m0/s1. The largest absolute Gasteiger partial charge is 0.467 e. The molecule has 1 aliphatic rings. The number of likely N-dealkylation sites (tertiary alicyclic amines) is 1. The number of esters is 1. The molecule has 0 bridgehead atoms. The molecule has 0 aromatic rings. The van der Waals surface area contributed by atoms with E-state index in [0.717, 1.165) is 4.90 Å². The molecule has 6 nitrogen and oxygen atoms in total. The molecule has 1 amide bonds. The topological polar surface area (TPSA) is 76.1 Å². The number of nitrogens with zero attached hydrogens (tertiary/aromatic N) is 1. The molecule has 0 radical (unpaired) electrons. The molecule has 0 spiro atoms. The molecule has 1 N–H and O–H groups in total. The molecular weight excluding hydrogens is 226 g/mol. The van der Waals surface area contributed by atoms with Crippen molar-refractivity contribution in [3.8, 4) is 0 Å². The molecule has 0 saturated carbocycles. The van der Waals surface area contributed by atoms with Gasteiger partial charge in [-0.05, 0) is 19.3 Å². The summed E-state index contributed by atoms with van der Waals surface area (Å²) in [5.41, 5.74) is -1.30. The second-order valence-electron chi connectivity index (χ2n) is 4.15. The van der Waals surface area contributed by atoms with Crippen LogP contribution in [0.3, 0.4) is 0 Å². The van der Waals surface area contributed by atoms with Gasteiger partial charge in [0.1, 0.15) is 11.8 Å². The van der Waals surface area contributed by atoms with E-state index in [9.17, 15) is 14.7 Å². The molecular formula is C11H19NO5. The summed E-state index contributed by atoms with van der Waals surface area (Å²) in [4.78, 5) is 24.3. The fourth-order valence-corrected chi connectivity index (χ4v) is 2.31. The Labute approximate surface area is 100 Å². The van der Waals surface area contributed by atoms with E-state index >= 15 is 0 Å². The third-order valence-electron chi connectivity index (χ3n) is 3.07. The second-order valence-corrected chi connectivity index (χ2v) is 4.15. The van der Waals surface area contributed by atoms with Gasteiger partial charge in [0.2, 0.25) is 0 Å². The van der Waals surface area contributed by atoms with E-state index in [4.69, 9.17) is 0 Å². The first-order valence-corrected chi connectivity index (χ1v) is 5.67. The minimum absolute atomic E-state index is 0.357. The fraction of sp³-hybridized carbons (Fsp3) is 0.818. The molecule has 1 saturated heterocycles. The number of rotatable bonds is 3. The number of carbonyl (C=O) groups excluding carboxylic acids is 2. The first-order valence-electron chi connectivity index (χ1n) is 5.67. The lowest BCUT2D eigenvalue weighted by molar-refractivity contribution is -0.152. The SMILES string of the molecule is CCC[C@]1(O)CC[C@@H](C(=O)OC)N1C(=O)OC. The van der Waals surface area contributed by atoms with Crippen molar-refractivity contribution in [2.45, 2.75) is 44.4 Å². The molecule has 17 heavy (non-hydrogen) atoms. The van der Waals surface area contributed by atoms with Gasteiger partial charge in [0.05, 0.1) is 14.2 Å². The molecule has 98 valence electrons. The van der Waals surface area contributed by atoms with Crippen LogP contribution in [0.25, 0.3) is 0 Å². The third-order valence-corrected chi connectivity index (χ3v) is 3.07. The number of hydrogen-bond donors (Lipinski definition) is 1. The van der Waals surface area contributed by atoms with E-state index in [1.165, 1.54) is 14.2 Å². The Balaban J connectivity index is 2.96. The van der Waals surface area contributed by atoms with Crippen LogP contribution in [0.5, 0.6) is 0 Å². The monoisotopic (exact) mass is 245 g/mol. The predicted molar refractivity (Wildman–Crippen MR) is 59.1 cm³/mol. The van der Waals surface area contributed by atoms with Gasteiger partial charge in [0.25, 0.3) is 0 Å². The van der Waals surface area contributed by atoms with Gasteiger partial charge in [-0.15, -0.1) is 0 Å². The summed E-state index contributed by atoms with van der Waals surface area (Å²) in [6, 6.07) is -0.760. The van der Waals surface area contributed by atoms with Gasteiger partial charge in [-0.2, -0.15) is 0 Å². The molecule has 1 fully saturated rings. The van der Waals surface area contributed by atoms with E-state index in [1.807, 2.05) is 6.92 Å². The van der Waals surface area contributed by atoms with Crippen molar-refractivity contribution >= 4 is 12.1 Å². The highest BCUT2D eigenvalue weighted by Crippen LogP contribution is 2.36. The van der Waals surface area contributed by atoms with Gasteiger partial charge in [-0.25, -0.2) is 9.59 Å². The van der Waals surface area contributed by atoms with E-state index in [-0.39, 0.29) is 0 Å². The van der Waals surface area contributed by atoms with Crippen molar-refractivity contribution in [1.82, 2.24) is 4.90 Å². The molecule has 0 unspecified atom stereocenters. The van der Waals surface area contributed by atoms with Crippen LogP contribution < -0.4 is 0 Å². The van der Waals surface area contributed by atoms with Crippen LogP contribution in [-0.2, 0) is 14.3 Å². The number of carbonyl (C=O) groups is 2. The summed E-state index contributed by atoms with van der Waals surface area (Å²) < 4.78 is 9.25. The Morgan fingerprint density at radius 2 is 2.06 bits per heavy atom. The van der Waals surface area contributed by atoms with E-state index < -0.39 is 23.8 Å². The molecule has 0 aromatic carbocycles. The fourth-order valence-electron chi connectivity index (χ4n) is 2.31. The number of ether oxygens (including phenoxy) is 2. The average molecular weight is 245 g/mol. The van der Waals surface area contributed by atoms with Crippen LogP contribution in [-0.4, -0.2) is 48.1 Å². The van der Waals surface area contributed by atoms with Gasteiger partial charge < -0.3 is 14.6 Å². The van der Waals surface area contributed by atoms with Crippen molar-refractivity contribution in [3.05, 3.63) is 0 Å². The highest BCUT2D eigenvalue weighted by Gasteiger charge is 2.51. The Hall–Kier alpha value is -1.30. The normalized spacial score (nSPS) is 28.0. The third kappa shape index (κ3) is 2.52. The average Bonchev–Trinajstić information content (AvgIpc) is 2.65. The Kier molecular flexibility index (Phi) is 4.34. The van der Waals surface area contributed by atoms with Gasteiger partial charge in [0.15, 0.2) is 0 Å². The number of methoxy groups -OCH3 is 2. The summed E-state index contributed by atoms with van der Waals surface area (Å²) in [5, 5.41) is 10.4. The van der Waals surface area contributed by atoms with Crippen LogP contribution in [0.15, 0.2) is 0 Å². The highest BCUT2D eigenvalue weighted by molar-refractivity contribution is 5.82. The highest BCUT2D eigenvalue weighted by atomic mass is 16.6. The maximum atomic E-state index is 11.7. The first kappa shape index (κ1) is 13.8. The maximum absolute atomic E-state index is 11.7. The molecule has 0 aliphatic carbocycles. The van der Waals surface area contributed by atoms with Crippen LogP contribution in [0.4, 0.5) is 4.79 Å². The quantitative estimate of drug-likeness (QED) is 0.747. The first-order chi connectivity index (χ1) is 8.00. The lowest BCUT2D eigenvalue weighted by atomic mass is 10.1. The van der Waals surface area contributed by atoms with Gasteiger partial charge in [-0.3, -0.25) is 4.90 Å². The van der Waals surface area contributed by atoms with Gasteiger partial charge in [0, 0.05) is 0 Å². The van der Waals surface area contributed by atoms with E-state index in [2.05, 4.69) is 9.47 Å². The Morgan fingerprint density at radius 3 is 2.53 bits per heavy atom. The molecule has 6 heteroatoms. The van der Waals surface area contributed by atoms with Crippen molar-refractivity contribution in [2.75, 3.05) is 14.2 Å². The minimum atomic E-state index is -1.30. The van der Waals surface area contributed by atoms with E-state index in [0.29, 0.717) is 25.7 Å². The number of hydrogen-bond acceptors (Lipinski definition) is 5. The number of amides is 1.